The van der Waals surface area contributed by atoms with Crippen molar-refractivity contribution in [1.82, 2.24) is 10.3 Å². The fraction of sp³-hybridized carbons (Fsp3) is 0.667. The van der Waals surface area contributed by atoms with Gasteiger partial charge in [-0.25, -0.2) is 0 Å². The summed E-state index contributed by atoms with van der Waals surface area (Å²) in [6, 6.07) is 4.34. The van der Waals surface area contributed by atoms with E-state index in [1.54, 1.807) is 0 Å². The van der Waals surface area contributed by atoms with Crippen molar-refractivity contribution in [3.05, 3.63) is 24.0 Å². The van der Waals surface area contributed by atoms with Gasteiger partial charge in [0.15, 0.2) is 0 Å². The SMILES string of the molecule is CCCNC(C)c1ccc(OC(C)C(C)C)cn1. The van der Waals surface area contributed by atoms with E-state index in [1.807, 2.05) is 18.3 Å². The standard InChI is InChI=1S/C15H26N2O/c1-6-9-16-12(4)15-8-7-14(10-17-15)18-13(5)11(2)3/h7-8,10-13,16H,6,9H2,1-5H3. The van der Waals surface area contributed by atoms with Gasteiger partial charge in [0.05, 0.1) is 18.0 Å². The van der Waals surface area contributed by atoms with Gasteiger partial charge >= 0.3 is 0 Å². The summed E-state index contributed by atoms with van der Waals surface area (Å²) in [7, 11) is 0. The second kappa shape index (κ2) is 7.37. The fourth-order valence-corrected chi connectivity index (χ4v) is 1.53. The Hall–Kier alpha value is -1.09. The summed E-state index contributed by atoms with van der Waals surface area (Å²) in [4.78, 5) is 4.46. The molecule has 18 heavy (non-hydrogen) atoms. The zero-order valence-corrected chi connectivity index (χ0v) is 12.2. The Morgan fingerprint density at radius 3 is 2.44 bits per heavy atom. The molecule has 2 unspecified atom stereocenters. The average molecular weight is 250 g/mol. The predicted molar refractivity (Wildman–Crippen MR) is 75.9 cm³/mol. The van der Waals surface area contributed by atoms with Crippen molar-refractivity contribution in [3.8, 4) is 5.75 Å². The van der Waals surface area contributed by atoms with E-state index in [2.05, 4.69) is 44.9 Å². The highest BCUT2D eigenvalue weighted by atomic mass is 16.5. The maximum atomic E-state index is 5.81. The summed E-state index contributed by atoms with van der Waals surface area (Å²) in [5.74, 6) is 1.36. The Morgan fingerprint density at radius 1 is 1.22 bits per heavy atom. The van der Waals surface area contributed by atoms with Crippen LogP contribution < -0.4 is 10.1 Å². The van der Waals surface area contributed by atoms with Gasteiger partial charge in [-0.2, -0.15) is 0 Å². The van der Waals surface area contributed by atoms with Gasteiger partial charge in [0.1, 0.15) is 5.75 Å². The lowest BCUT2D eigenvalue weighted by molar-refractivity contribution is 0.169. The molecule has 102 valence electrons. The molecule has 0 aliphatic rings. The summed E-state index contributed by atoms with van der Waals surface area (Å²) >= 11 is 0. The van der Waals surface area contributed by atoms with Gasteiger partial charge in [0.2, 0.25) is 0 Å². The van der Waals surface area contributed by atoms with Crippen molar-refractivity contribution in [2.24, 2.45) is 5.92 Å². The highest BCUT2D eigenvalue weighted by Crippen LogP contribution is 2.17. The fourth-order valence-electron chi connectivity index (χ4n) is 1.53. The van der Waals surface area contributed by atoms with Gasteiger partial charge in [-0.15, -0.1) is 0 Å². The lowest BCUT2D eigenvalue weighted by Gasteiger charge is -2.18. The van der Waals surface area contributed by atoms with Crippen molar-refractivity contribution in [2.75, 3.05) is 6.54 Å². The Kier molecular flexibility index (Phi) is 6.13. The van der Waals surface area contributed by atoms with Crippen LogP contribution in [0.25, 0.3) is 0 Å². The molecule has 0 saturated carbocycles. The lowest BCUT2D eigenvalue weighted by atomic mass is 10.1. The summed E-state index contributed by atoms with van der Waals surface area (Å²) in [6.07, 6.45) is 3.17. The third-order valence-electron chi connectivity index (χ3n) is 3.16. The second-order valence-electron chi connectivity index (χ2n) is 5.16. The molecule has 3 nitrogen and oxygen atoms in total. The van der Waals surface area contributed by atoms with Crippen LogP contribution in [0.1, 0.15) is 52.8 Å². The molecular formula is C15H26N2O. The molecule has 0 aliphatic carbocycles. The van der Waals surface area contributed by atoms with E-state index in [1.165, 1.54) is 0 Å². The van der Waals surface area contributed by atoms with Crippen molar-refractivity contribution >= 4 is 0 Å². The third-order valence-corrected chi connectivity index (χ3v) is 3.16. The molecule has 1 heterocycles. The van der Waals surface area contributed by atoms with E-state index >= 15 is 0 Å². The first-order chi connectivity index (χ1) is 8.54. The molecule has 2 atom stereocenters. The first-order valence-corrected chi connectivity index (χ1v) is 6.90. The first-order valence-electron chi connectivity index (χ1n) is 6.90. The Bertz CT molecular complexity index is 335. The number of pyridine rings is 1. The monoisotopic (exact) mass is 250 g/mol. The lowest BCUT2D eigenvalue weighted by Crippen LogP contribution is -2.21. The topological polar surface area (TPSA) is 34.1 Å². The zero-order chi connectivity index (χ0) is 13.5. The van der Waals surface area contributed by atoms with Crippen LogP contribution in [-0.4, -0.2) is 17.6 Å². The molecule has 1 aromatic rings. The number of rotatable bonds is 7. The minimum absolute atomic E-state index is 0.216. The van der Waals surface area contributed by atoms with Gasteiger partial charge < -0.3 is 10.1 Å². The Labute approximate surface area is 111 Å². The highest BCUT2D eigenvalue weighted by molar-refractivity contribution is 5.21. The minimum Gasteiger partial charge on any atom is -0.489 e. The molecule has 0 radical (unpaired) electrons. The van der Waals surface area contributed by atoms with Gasteiger partial charge in [-0.3, -0.25) is 4.98 Å². The number of ether oxygens (including phenoxy) is 1. The average Bonchev–Trinajstić information content (AvgIpc) is 2.36. The van der Waals surface area contributed by atoms with Crippen molar-refractivity contribution < 1.29 is 4.74 Å². The second-order valence-corrected chi connectivity index (χ2v) is 5.16. The molecule has 1 rings (SSSR count). The van der Waals surface area contributed by atoms with Crippen molar-refractivity contribution in [1.29, 1.82) is 0 Å². The van der Waals surface area contributed by atoms with E-state index in [0.29, 0.717) is 12.0 Å². The molecule has 0 bridgehead atoms. The molecular weight excluding hydrogens is 224 g/mol. The van der Waals surface area contributed by atoms with Gasteiger partial charge in [0.25, 0.3) is 0 Å². The normalized spacial score (nSPS) is 14.6. The number of nitrogens with one attached hydrogen (secondary N) is 1. The first kappa shape index (κ1) is 15.0. The van der Waals surface area contributed by atoms with Crippen molar-refractivity contribution in [2.45, 2.75) is 53.2 Å². The van der Waals surface area contributed by atoms with Gasteiger partial charge in [0, 0.05) is 6.04 Å². The molecule has 0 amide bonds. The molecule has 3 heteroatoms. The van der Waals surface area contributed by atoms with Crippen LogP contribution in [-0.2, 0) is 0 Å². The van der Waals surface area contributed by atoms with Gasteiger partial charge in [-0.1, -0.05) is 20.8 Å². The quantitative estimate of drug-likeness (QED) is 0.803. The maximum absolute atomic E-state index is 5.81. The minimum atomic E-state index is 0.216. The van der Waals surface area contributed by atoms with E-state index < -0.39 is 0 Å². The largest absolute Gasteiger partial charge is 0.489 e. The molecule has 1 N–H and O–H groups in total. The van der Waals surface area contributed by atoms with Crippen LogP contribution in [0.4, 0.5) is 0 Å². The summed E-state index contributed by atoms with van der Waals surface area (Å²) in [6.45, 7) is 11.7. The molecule has 0 spiro atoms. The van der Waals surface area contributed by atoms with Crippen molar-refractivity contribution in [3.63, 3.8) is 0 Å². The number of aromatic nitrogens is 1. The van der Waals surface area contributed by atoms with Crippen LogP contribution in [0.2, 0.25) is 0 Å². The number of hydrogen-bond acceptors (Lipinski definition) is 3. The zero-order valence-electron chi connectivity index (χ0n) is 12.2. The summed E-state index contributed by atoms with van der Waals surface area (Å²) in [5, 5.41) is 3.42. The maximum Gasteiger partial charge on any atom is 0.138 e. The molecule has 1 aromatic heterocycles. The Morgan fingerprint density at radius 2 is 1.94 bits per heavy atom. The molecule has 0 aliphatic heterocycles. The van der Waals surface area contributed by atoms with Crippen LogP contribution in [0, 0.1) is 5.92 Å². The van der Waals surface area contributed by atoms with Crippen LogP contribution >= 0.6 is 0 Å². The van der Waals surface area contributed by atoms with Crippen LogP contribution in [0.5, 0.6) is 5.75 Å². The smallest absolute Gasteiger partial charge is 0.138 e. The number of hydrogen-bond donors (Lipinski definition) is 1. The molecule has 0 saturated heterocycles. The van der Waals surface area contributed by atoms with Gasteiger partial charge in [-0.05, 0) is 44.9 Å². The van der Waals surface area contributed by atoms with E-state index in [-0.39, 0.29) is 6.10 Å². The predicted octanol–water partition coefficient (Wildman–Crippen LogP) is 3.57. The highest BCUT2D eigenvalue weighted by Gasteiger charge is 2.10. The third kappa shape index (κ3) is 4.65. The number of nitrogens with zero attached hydrogens (tertiary/aromatic N) is 1. The van der Waals surface area contributed by atoms with Crippen LogP contribution in [0.15, 0.2) is 18.3 Å². The Balaban J connectivity index is 2.56. The summed E-state index contributed by atoms with van der Waals surface area (Å²) < 4.78 is 5.81. The van der Waals surface area contributed by atoms with E-state index in [9.17, 15) is 0 Å². The van der Waals surface area contributed by atoms with E-state index in [4.69, 9.17) is 4.74 Å². The van der Waals surface area contributed by atoms with E-state index in [0.717, 1.165) is 24.4 Å². The molecule has 0 fully saturated rings. The van der Waals surface area contributed by atoms with Crippen LogP contribution in [0.3, 0.4) is 0 Å². The summed E-state index contributed by atoms with van der Waals surface area (Å²) in [5.41, 5.74) is 1.06. The molecule has 0 aromatic carbocycles.